The second-order valence-electron chi connectivity index (χ2n) is 6.13. The van der Waals surface area contributed by atoms with Crippen molar-refractivity contribution in [2.24, 2.45) is 5.92 Å². The van der Waals surface area contributed by atoms with Crippen LogP contribution in [0.2, 0.25) is 5.02 Å². The lowest BCUT2D eigenvalue weighted by atomic mass is 9.98. The van der Waals surface area contributed by atoms with Crippen molar-refractivity contribution in [3.63, 3.8) is 0 Å². The van der Waals surface area contributed by atoms with Crippen molar-refractivity contribution in [2.75, 3.05) is 38.5 Å². The molecule has 140 valence electrons. The summed E-state index contributed by atoms with van der Waals surface area (Å²) in [4.78, 5) is 17.8. The summed E-state index contributed by atoms with van der Waals surface area (Å²) in [5.41, 5.74) is -0.900. The maximum Gasteiger partial charge on any atom is 0.417 e. The summed E-state index contributed by atoms with van der Waals surface area (Å²) in [5.74, 6) is 0.632. The average Bonchev–Trinajstić information content (AvgIpc) is 2.56. The van der Waals surface area contributed by atoms with Gasteiger partial charge in [0, 0.05) is 32.3 Å². The summed E-state index contributed by atoms with van der Waals surface area (Å²) in [6, 6.07) is 0.825. The molecule has 1 aromatic rings. The third-order valence-electron chi connectivity index (χ3n) is 4.16. The molecule has 0 spiro atoms. The lowest BCUT2D eigenvalue weighted by Crippen LogP contribution is -2.42. The molecule has 2 N–H and O–H groups in total. The van der Waals surface area contributed by atoms with Crippen LogP contribution in [0, 0.1) is 5.92 Å². The number of nitrogens with one attached hydrogen (secondary N) is 2. The molecule has 1 atom stereocenters. The van der Waals surface area contributed by atoms with Crippen LogP contribution in [0.3, 0.4) is 0 Å². The van der Waals surface area contributed by atoms with E-state index in [4.69, 9.17) is 11.6 Å². The molecule has 1 aliphatic heterocycles. The number of rotatable bonds is 6. The van der Waals surface area contributed by atoms with Gasteiger partial charge in [-0.3, -0.25) is 4.79 Å². The van der Waals surface area contributed by atoms with E-state index in [1.165, 1.54) is 0 Å². The largest absolute Gasteiger partial charge is 0.417 e. The van der Waals surface area contributed by atoms with Gasteiger partial charge in [-0.15, -0.1) is 0 Å². The highest BCUT2D eigenvalue weighted by Gasteiger charge is 2.31. The SMILES string of the molecule is CNC[C@@H]1CCCN(C(=O)CCNc2ncc(C(F)(F)F)cc2Cl)C1. The second-order valence-corrected chi connectivity index (χ2v) is 6.54. The summed E-state index contributed by atoms with van der Waals surface area (Å²) in [6.07, 6.45) is -1.43. The van der Waals surface area contributed by atoms with Gasteiger partial charge < -0.3 is 15.5 Å². The number of alkyl halides is 3. The highest BCUT2D eigenvalue weighted by molar-refractivity contribution is 6.32. The molecular formula is C16H22ClF3N4O. The van der Waals surface area contributed by atoms with Gasteiger partial charge in [0.25, 0.3) is 0 Å². The third kappa shape index (κ3) is 5.74. The minimum atomic E-state index is -4.48. The first-order valence-electron chi connectivity index (χ1n) is 8.20. The number of hydrogen-bond acceptors (Lipinski definition) is 4. The summed E-state index contributed by atoms with van der Waals surface area (Å²) in [7, 11) is 1.89. The van der Waals surface area contributed by atoms with Crippen LogP contribution in [0.5, 0.6) is 0 Å². The fourth-order valence-electron chi connectivity index (χ4n) is 2.92. The Balaban J connectivity index is 1.83. The first-order chi connectivity index (χ1) is 11.8. The topological polar surface area (TPSA) is 57.3 Å². The van der Waals surface area contributed by atoms with E-state index in [0.29, 0.717) is 5.92 Å². The number of amides is 1. The number of pyridine rings is 1. The molecule has 9 heteroatoms. The molecule has 0 unspecified atom stereocenters. The number of carbonyl (C=O) groups is 1. The van der Waals surface area contributed by atoms with Gasteiger partial charge in [0.2, 0.25) is 5.91 Å². The maximum atomic E-state index is 12.6. The van der Waals surface area contributed by atoms with Crippen LogP contribution in [0.4, 0.5) is 19.0 Å². The van der Waals surface area contributed by atoms with Crippen molar-refractivity contribution in [2.45, 2.75) is 25.4 Å². The first kappa shape index (κ1) is 19.8. The van der Waals surface area contributed by atoms with Crippen LogP contribution < -0.4 is 10.6 Å². The standard InChI is InChI=1S/C16H22ClF3N4O/c1-21-8-11-3-2-6-24(10-11)14(25)4-5-22-15-13(17)7-12(9-23-15)16(18,19)20/h7,9,11,21H,2-6,8,10H2,1H3,(H,22,23)/t11-/m0/s1. The van der Waals surface area contributed by atoms with Gasteiger partial charge in [0.1, 0.15) is 5.82 Å². The van der Waals surface area contributed by atoms with Crippen molar-refractivity contribution in [1.82, 2.24) is 15.2 Å². The maximum absolute atomic E-state index is 12.6. The normalized spacial score (nSPS) is 18.3. The molecule has 2 rings (SSSR count). The van der Waals surface area contributed by atoms with E-state index >= 15 is 0 Å². The number of nitrogens with zero attached hydrogens (tertiary/aromatic N) is 2. The fourth-order valence-corrected chi connectivity index (χ4v) is 3.15. The summed E-state index contributed by atoms with van der Waals surface area (Å²) >= 11 is 5.83. The molecule has 25 heavy (non-hydrogen) atoms. The Bertz CT molecular complexity index is 595. The number of likely N-dealkylation sites (tertiary alicyclic amines) is 1. The number of piperidine rings is 1. The van der Waals surface area contributed by atoms with Crippen LogP contribution in [-0.4, -0.2) is 49.0 Å². The van der Waals surface area contributed by atoms with E-state index in [0.717, 1.165) is 44.7 Å². The van der Waals surface area contributed by atoms with E-state index in [-0.39, 0.29) is 29.7 Å². The van der Waals surface area contributed by atoms with Crippen molar-refractivity contribution >= 4 is 23.3 Å². The van der Waals surface area contributed by atoms with E-state index < -0.39 is 11.7 Å². The van der Waals surface area contributed by atoms with Crippen LogP contribution in [-0.2, 0) is 11.0 Å². The van der Waals surface area contributed by atoms with Crippen LogP contribution in [0.25, 0.3) is 0 Å². The Morgan fingerprint density at radius 3 is 2.88 bits per heavy atom. The van der Waals surface area contributed by atoms with Crippen LogP contribution >= 0.6 is 11.6 Å². The van der Waals surface area contributed by atoms with Gasteiger partial charge in [0.05, 0.1) is 10.6 Å². The molecular weight excluding hydrogens is 357 g/mol. The third-order valence-corrected chi connectivity index (χ3v) is 4.45. The predicted octanol–water partition coefficient (Wildman–Crippen LogP) is 3.01. The van der Waals surface area contributed by atoms with E-state index in [1.807, 2.05) is 11.9 Å². The zero-order valence-electron chi connectivity index (χ0n) is 14.0. The number of anilines is 1. The van der Waals surface area contributed by atoms with Gasteiger partial charge in [-0.1, -0.05) is 11.6 Å². The molecule has 1 amide bonds. The number of carbonyl (C=O) groups excluding carboxylic acids is 1. The smallest absolute Gasteiger partial charge is 0.368 e. The molecule has 1 fully saturated rings. The van der Waals surface area contributed by atoms with Crippen molar-refractivity contribution in [3.05, 3.63) is 22.8 Å². The molecule has 1 aliphatic rings. The molecule has 0 bridgehead atoms. The van der Waals surface area contributed by atoms with Gasteiger partial charge >= 0.3 is 6.18 Å². The molecule has 1 aromatic heterocycles. The van der Waals surface area contributed by atoms with Crippen molar-refractivity contribution in [3.8, 4) is 0 Å². The Labute approximate surface area is 149 Å². The molecule has 0 aromatic carbocycles. The number of halogens is 4. The van der Waals surface area contributed by atoms with Gasteiger partial charge in [-0.25, -0.2) is 4.98 Å². The van der Waals surface area contributed by atoms with E-state index in [9.17, 15) is 18.0 Å². The highest BCUT2D eigenvalue weighted by Crippen LogP contribution is 2.32. The lowest BCUT2D eigenvalue weighted by Gasteiger charge is -2.32. The quantitative estimate of drug-likeness (QED) is 0.799. The van der Waals surface area contributed by atoms with Gasteiger partial charge in [0.15, 0.2) is 0 Å². The van der Waals surface area contributed by atoms with Crippen LogP contribution in [0.1, 0.15) is 24.8 Å². The summed E-state index contributed by atoms with van der Waals surface area (Å²) < 4.78 is 37.7. The second kappa shape index (κ2) is 8.71. The minimum absolute atomic E-state index is 0.0244. The summed E-state index contributed by atoms with van der Waals surface area (Å²) in [5, 5.41) is 5.84. The van der Waals surface area contributed by atoms with E-state index in [1.54, 1.807) is 0 Å². The van der Waals surface area contributed by atoms with Crippen molar-refractivity contribution in [1.29, 1.82) is 0 Å². The minimum Gasteiger partial charge on any atom is -0.368 e. The first-order valence-corrected chi connectivity index (χ1v) is 8.58. The zero-order chi connectivity index (χ0) is 18.4. The van der Waals surface area contributed by atoms with E-state index in [2.05, 4.69) is 15.6 Å². The highest BCUT2D eigenvalue weighted by atomic mass is 35.5. The Morgan fingerprint density at radius 1 is 1.48 bits per heavy atom. The summed E-state index contributed by atoms with van der Waals surface area (Å²) in [6.45, 7) is 2.63. The monoisotopic (exact) mass is 378 g/mol. The molecule has 0 aliphatic carbocycles. The molecule has 0 radical (unpaired) electrons. The van der Waals surface area contributed by atoms with Gasteiger partial charge in [-0.05, 0) is 38.4 Å². The Hall–Kier alpha value is -1.54. The number of aromatic nitrogens is 1. The molecule has 0 saturated carbocycles. The Kier molecular flexibility index (Phi) is 6.89. The zero-order valence-corrected chi connectivity index (χ0v) is 14.8. The van der Waals surface area contributed by atoms with Crippen LogP contribution in [0.15, 0.2) is 12.3 Å². The average molecular weight is 379 g/mol. The number of hydrogen-bond donors (Lipinski definition) is 2. The van der Waals surface area contributed by atoms with Gasteiger partial charge in [-0.2, -0.15) is 13.2 Å². The molecule has 2 heterocycles. The Morgan fingerprint density at radius 2 is 2.24 bits per heavy atom. The molecule has 1 saturated heterocycles. The van der Waals surface area contributed by atoms with Crippen molar-refractivity contribution < 1.29 is 18.0 Å². The molecule has 5 nitrogen and oxygen atoms in total. The lowest BCUT2D eigenvalue weighted by molar-refractivity contribution is -0.137. The predicted molar refractivity (Wildman–Crippen MR) is 90.6 cm³/mol. The fraction of sp³-hybridized carbons (Fsp3) is 0.625.